The molecule has 0 atom stereocenters. The third kappa shape index (κ3) is 2.87. The third-order valence-electron chi connectivity index (χ3n) is 2.94. The molecule has 3 nitrogen and oxygen atoms in total. The molecule has 0 aliphatic heterocycles. The average Bonchev–Trinajstić information content (AvgIpc) is 2.90. The molecule has 3 heteroatoms. The molecule has 0 bridgehead atoms. The van der Waals surface area contributed by atoms with Gasteiger partial charge in [-0.1, -0.05) is 32.1 Å². The van der Waals surface area contributed by atoms with Crippen LogP contribution >= 0.6 is 0 Å². The Bertz CT molecular complexity index is 510. The zero-order valence-electron chi connectivity index (χ0n) is 10.7. The summed E-state index contributed by atoms with van der Waals surface area (Å²) in [4.78, 5) is 0. The summed E-state index contributed by atoms with van der Waals surface area (Å²) >= 11 is 0. The van der Waals surface area contributed by atoms with Crippen molar-refractivity contribution in [3.63, 3.8) is 0 Å². The summed E-state index contributed by atoms with van der Waals surface area (Å²) < 4.78 is 1.82. The fourth-order valence-corrected chi connectivity index (χ4v) is 1.75. The molecule has 18 heavy (non-hydrogen) atoms. The summed E-state index contributed by atoms with van der Waals surface area (Å²) in [5, 5.41) is 13.5. The van der Waals surface area contributed by atoms with Gasteiger partial charge in [0.15, 0.2) is 0 Å². The second-order valence-corrected chi connectivity index (χ2v) is 4.57. The van der Waals surface area contributed by atoms with Gasteiger partial charge >= 0.3 is 0 Å². The van der Waals surface area contributed by atoms with Gasteiger partial charge in [-0.3, -0.25) is 0 Å². The van der Waals surface area contributed by atoms with Gasteiger partial charge in [-0.15, -0.1) is 0 Å². The van der Waals surface area contributed by atoms with Crippen LogP contribution in [0, 0.1) is 5.92 Å². The number of benzene rings is 1. The fourth-order valence-electron chi connectivity index (χ4n) is 1.75. The Morgan fingerprint density at radius 2 is 2.06 bits per heavy atom. The van der Waals surface area contributed by atoms with E-state index in [4.69, 9.17) is 0 Å². The molecule has 0 unspecified atom stereocenters. The lowest BCUT2D eigenvalue weighted by Gasteiger charge is -2.08. The summed E-state index contributed by atoms with van der Waals surface area (Å²) in [7, 11) is 0. The molecule has 2 rings (SSSR count). The summed E-state index contributed by atoms with van der Waals surface area (Å²) in [6, 6.07) is 10.0. The predicted molar refractivity (Wildman–Crippen MR) is 73.5 cm³/mol. The highest BCUT2D eigenvalue weighted by Crippen LogP contribution is 2.15. The first kappa shape index (κ1) is 12.6. The van der Waals surface area contributed by atoms with Gasteiger partial charge in [-0.25, -0.2) is 4.68 Å². The van der Waals surface area contributed by atoms with E-state index in [1.54, 1.807) is 6.20 Å². The van der Waals surface area contributed by atoms with Crippen molar-refractivity contribution < 1.29 is 5.11 Å². The van der Waals surface area contributed by atoms with Crippen molar-refractivity contribution in [3.8, 4) is 5.69 Å². The monoisotopic (exact) mass is 242 g/mol. The Labute approximate surface area is 107 Å². The van der Waals surface area contributed by atoms with Crippen LogP contribution in [0.4, 0.5) is 0 Å². The molecule has 94 valence electrons. The predicted octanol–water partition coefficient (Wildman–Crippen LogP) is 2.90. The molecule has 0 aliphatic rings. The Hall–Kier alpha value is -1.87. The Morgan fingerprint density at radius 1 is 1.33 bits per heavy atom. The van der Waals surface area contributed by atoms with Crippen LogP contribution in [-0.2, 0) is 0 Å². The minimum absolute atomic E-state index is 0.110. The molecule has 1 N–H and O–H groups in total. The summed E-state index contributed by atoms with van der Waals surface area (Å²) in [6.07, 6.45) is 5.71. The highest BCUT2D eigenvalue weighted by Gasteiger charge is 2.02. The summed E-state index contributed by atoms with van der Waals surface area (Å²) in [6.45, 7) is 4.28. The van der Waals surface area contributed by atoms with Crippen molar-refractivity contribution in [1.29, 1.82) is 0 Å². The molecule has 1 aromatic heterocycles. The van der Waals surface area contributed by atoms with E-state index in [1.807, 2.05) is 47.3 Å². The van der Waals surface area contributed by atoms with Crippen LogP contribution in [0.25, 0.3) is 11.8 Å². The molecule has 1 heterocycles. The lowest BCUT2D eigenvalue weighted by Crippen LogP contribution is -1.99. The van der Waals surface area contributed by atoms with Crippen molar-refractivity contribution in [3.05, 3.63) is 53.9 Å². The van der Waals surface area contributed by atoms with Crippen LogP contribution in [0.1, 0.15) is 19.4 Å². The van der Waals surface area contributed by atoms with E-state index in [2.05, 4.69) is 18.9 Å². The van der Waals surface area contributed by atoms with Gasteiger partial charge in [0.25, 0.3) is 0 Å². The second-order valence-electron chi connectivity index (χ2n) is 4.57. The zero-order valence-corrected chi connectivity index (χ0v) is 10.7. The van der Waals surface area contributed by atoms with Crippen molar-refractivity contribution in [2.24, 2.45) is 5.92 Å². The van der Waals surface area contributed by atoms with Crippen LogP contribution in [0.2, 0.25) is 0 Å². The minimum atomic E-state index is 0.110. The van der Waals surface area contributed by atoms with Crippen molar-refractivity contribution in [1.82, 2.24) is 9.78 Å². The van der Waals surface area contributed by atoms with E-state index < -0.39 is 0 Å². The first-order valence-electron chi connectivity index (χ1n) is 6.12. The lowest BCUT2D eigenvalue weighted by molar-refractivity contribution is 0.320. The van der Waals surface area contributed by atoms with Crippen molar-refractivity contribution in [2.45, 2.75) is 13.8 Å². The lowest BCUT2D eigenvalue weighted by atomic mass is 10.0. The van der Waals surface area contributed by atoms with E-state index in [0.717, 1.165) is 16.8 Å². The van der Waals surface area contributed by atoms with Gasteiger partial charge in [0, 0.05) is 12.4 Å². The number of nitrogens with zero attached hydrogens (tertiary/aromatic N) is 2. The van der Waals surface area contributed by atoms with Gasteiger partial charge in [-0.2, -0.15) is 5.10 Å². The largest absolute Gasteiger partial charge is 0.392 e. The number of aliphatic hydroxyl groups excluding tert-OH is 1. The average molecular weight is 242 g/mol. The molecule has 0 saturated carbocycles. The number of rotatable bonds is 4. The zero-order chi connectivity index (χ0) is 13.0. The summed E-state index contributed by atoms with van der Waals surface area (Å²) in [5.74, 6) is 0.362. The highest BCUT2D eigenvalue weighted by atomic mass is 16.3. The Morgan fingerprint density at radius 3 is 2.56 bits per heavy atom. The van der Waals surface area contributed by atoms with Gasteiger partial charge in [-0.05, 0) is 35.3 Å². The smallest absolute Gasteiger partial charge is 0.0647 e. The van der Waals surface area contributed by atoms with Gasteiger partial charge < -0.3 is 5.11 Å². The molecule has 0 saturated heterocycles. The first-order valence-corrected chi connectivity index (χ1v) is 6.12. The molecular weight excluding hydrogens is 224 g/mol. The van der Waals surface area contributed by atoms with Crippen molar-refractivity contribution in [2.75, 3.05) is 6.61 Å². The number of aromatic nitrogens is 2. The maximum absolute atomic E-state index is 9.28. The van der Waals surface area contributed by atoms with E-state index in [0.29, 0.717) is 5.92 Å². The third-order valence-corrected chi connectivity index (χ3v) is 2.94. The standard InChI is InChI=1S/C15H18N2O/c1-12(2)14(11-18)10-13-4-6-15(7-5-13)17-9-3-8-16-17/h3-10,12,18H,11H2,1-2H3. The highest BCUT2D eigenvalue weighted by molar-refractivity contribution is 5.55. The van der Waals surface area contributed by atoms with Gasteiger partial charge in [0.2, 0.25) is 0 Å². The van der Waals surface area contributed by atoms with Crippen LogP contribution in [0.5, 0.6) is 0 Å². The SMILES string of the molecule is CC(C)C(=Cc1ccc(-n2cccn2)cc1)CO. The maximum atomic E-state index is 9.28. The van der Waals surface area contributed by atoms with Crippen LogP contribution in [0.15, 0.2) is 48.3 Å². The number of hydrogen-bond donors (Lipinski definition) is 1. The molecule has 2 aromatic rings. The van der Waals surface area contributed by atoms with E-state index >= 15 is 0 Å². The quantitative estimate of drug-likeness (QED) is 0.895. The van der Waals surface area contributed by atoms with Gasteiger partial charge in [0.1, 0.15) is 0 Å². The van der Waals surface area contributed by atoms with Crippen molar-refractivity contribution >= 4 is 6.08 Å². The van der Waals surface area contributed by atoms with E-state index in [9.17, 15) is 5.11 Å². The maximum Gasteiger partial charge on any atom is 0.0647 e. The molecule has 0 fully saturated rings. The molecule has 0 aliphatic carbocycles. The van der Waals surface area contributed by atoms with Crippen LogP contribution in [-0.4, -0.2) is 21.5 Å². The Kier molecular flexibility index (Phi) is 3.95. The van der Waals surface area contributed by atoms with E-state index in [1.165, 1.54) is 0 Å². The number of aliphatic hydroxyl groups is 1. The molecule has 1 aromatic carbocycles. The molecular formula is C15H18N2O. The van der Waals surface area contributed by atoms with E-state index in [-0.39, 0.29) is 6.61 Å². The second kappa shape index (κ2) is 5.65. The minimum Gasteiger partial charge on any atom is -0.392 e. The molecule has 0 radical (unpaired) electrons. The normalized spacial score (nSPS) is 12.1. The summed E-state index contributed by atoms with van der Waals surface area (Å²) in [5.41, 5.74) is 3.18. The number of hydrogen-bond acceptors (Lipinski definition) is 2. The Balaban J connectivity index is 2.23. The van der Waals surface area contributed by atoms with Gasteiger partial charge in [0.05, 0.1) is 12.3 Å². The molecule has 0 amide bonds. The van der Waals surface area contributed by atoms with Crippen LogP contribution < -0.4 is 0 Å². The molecule has 0 spiro atoms. The first-order chi connectivity index (χ1) is 8.70. The topological polar surface area (TPSA) is 38.0 Å². The fraction of sp³-hybridized carbons (Fsp3) is 0.267. The van der Waals surface area contributed by atoms with Crippen LogP contribution in [0.3, 0.4) is 0 Å².